The number of carbonyl (C=O) groups is 1. The Morgan fingerprint density at radius 1 is 1.17 bits per heavy atom. The molecule has 2 rings (SSSR count). The molecular formula is C15H18FNO. The Labute approximate surface area is 107 Å². The maximum atomic E-state index is 13.0. The van der Waals surface area contributed by atoms with E-state index in [0.29, 0.717) is 0 Å². The molecule has 18 heavy (non-hydrogen) atoms. The Bertz CT molecular complexity index is 434. The van der Waals surface area contributed by atoms with Crippen LogP contribution in [0, 0.1) is 5.82 Å². The molecule has 0 spiro atoms. The van der Waals surface area contributed by atoms with Gasteiger partial charge in [-0.3, -0.25) is 4.79 Å². The lowest BCUT2D eigenvalue weighted by atomic mass is 10.2. The molecule has 0 radical (unpaired) electrons. The topological polar surface area (TPSA) is 20.3 Å². The maximum Gasteiger partial charge on any atom is 0.246 e. The fourth-order valence-corrected chi connectivity index (χ4v) is 2.17. The maximum absolute atomic E-state index is 13.0. The van der Waals surface area contributed by atoms with Gasteiger partial charge < -0.3 is 4.90 Å². The molecule has 0 bridgehead atoms. The number of likely N-dealkylation sites (tertiary alicyclic amines) is 1. The summed E-state index contributed by atoms with van der Waals surface area (Å²) in [4.78, 5) is 13.8. The quantitative estimate of drug-likeness (QED) is 0.735. The Hall–Kier alpha value is -1.64. The molecule has 1 heterocycles. The normalized spacial score (nSPS) is 16.8. The number of amides is 1. The van der Waals surface area contributed by atoms with Gasteiger partial charge in [0.25, 0.3) is 0 Å². The zero-order valence-electron chi connectivity index (χ0n) is 10.4. The Kier molecular flexibility index (Phi) is 4.51. The molecule has 2 nitrogen and oxygen atoms in total. The van der Waals surface area contributed by atoms with Crippen LogP contribution in [0.5, 0.6) is 0 Å². The first-order chi connectivity index (χ1) is 8.75. The van der Waals surface area contributed by atoms with Crippen LogP contribution >= 0.6 is 0 Å². The predicted molar refractivity (Wildman–Crippen MR) is 70.5 cm³/mol. The van der Waals surface area contributed by atoms with E-state index >= 15 is 0 Å². The number of halogens is 1. The molecule has 0 unspecified atom stereocenters. The van der Waals surface area contributed by atoms with Crippen molar-refractivity contribution < 1.29 is 9.18 Å². The lowest BCUT2D eigenvalue weighted by Crippen LogP contribution is -2.30. The summed E-state index contributed by atoms with van der Waals surface area (Å²) in [5.74, 6) is -0.250. The smallest absolute Gasteiger partial charge is 0.246 e. The molecule has 1 fully saturated rings. The molecule has 1 saturated heterocycles. The average molecular weight is 247 g/mol. The monoisotopic (exact) mass is 247 g/mol. The van der Waals surface area contributed by atoms with E-state index in [1.807, 2.05) is 4.90 Å². The first-order valence-corrected chi connectivity index (χ1v) is 6.48. The van der Waals surface area contributed by atoms with Crippen molar-refractivity contribution in [1.29, 1.82) is 0 Å². The summed E-state index contributed by atoms with van der Waals surface area (Å²) in [5, 5.41) is 0. The zero-order valence-corrected chi connectivity index (χ0v) is 10.4. The van der Waals surface area contributed by atoms with E-state index < -0.39 is 0 Å². The largest absolute Gasteiger partial charge is 0.339 e. The SMILES string of the molecule is O=C(C=Cc1cccc(F)c1)N1CCCCCC1. The first kappa shape index (κ1) is 12.8. The van der Waals surface area contributed by atoms with Gasteiger partial charge in [-0.1, -0.05) is 25.0 Å². The van der Waals surface area contributed by atoms with Crippen molar-refractivity contribution >= 4 is 12.0 Å². The van der Waals surface area contributed by atoms with Crippen LogP contribution in [0.4, 0.5) is 4.39 Å². The molecule has 1 aliphatic rings. The number of rotatable bonds is 2. The molecule has 0 N–H and O–H groups in total. The third-order valence-electron chi connectivity index (χ3n) is 3.18. The highest BCUT2D eigenvalue weighted by Gasteiger charge is 2.12. The fourth-order valence-electron chi connectivity index (χ4n) is 2.17. The van der Waals surface area contributed by atoms with Crippen molar-refractivity contribution in [2.24, 2.45) is 0 Å². The number of hydrogen-bond donors (Lipinski definition) is 0. The van der Waals surface area contributed by atoms with Crippen LogP contribution in [0.25, 0.3) is 6.08 Å². The molecule has 0 aromatic heterocycles. The van der Waals surface area contributed by atoms with Crippen LogP contribution < -0.4 is 0 Å². The van der Waals surface area contributed by atoms with Gasteiger partial charge in [0.05, 0.1) is 0 Å². The molecule has 0 saturated carbocycles. The Morgan fingerprint density at radius 2 is 1.89 bits per heavy atom. The summed E-state index contributed by atoms with van der Waals surface area (Å²) < 4.78 is 13.0. The van der Waals surface area contributed by atoms with Crippen LogP contribution in [-0.4, -0.2) is 23.9 Å². The minimum absolute atomic E-state index is 0.0289. The van der Waals surface area contributed by atoms with Crippen LogP contribution in [0.15, 0.2) is 30.3 Å². The standard InChI is InChI=1S/C15H18FNO/c16-14-7-5-6-13(12-14)8-9-15(18)17-10-3-1-2-4-11-17/h5-9,12H,1-4,10-11H2. The van der Waals surface area contributed by atoms with Gasteiger partial charge in [-0.2, -0.15) is 0 Å². The van der Waals surface area contributed by atoms with E-state index in [0.717, 1.165) is 31.5 Å². The minimum Gasteiger partial charge on any atom is -0.339 e. The molecule has 96 valence electrons. The molecular weight excluding hydrogens is 229 g/mol. The lowest BCUT2D eigenvalue weighted by Gasteiger charge is -2.17. The molecule has 3 heteroatoms. The van der Waals surface area contributed by atoms with Gasteiger partial charge in [-0.25, -0.2) is 4.39 Å². The van der Waals surface area contributed by atoms with E-state index in [2.05, 4.69) is 0 Å². The van der Waals surface area contributed by atoms with Crippen molar-refractivity contribution in [3.63, 3.8) is 0 Å². The van der Waals surface area contributed by atoms with Crippen LogP contribution in [0.3, 0.4) is 0 Å². The van der Waals surface area contributed by atoms with Crippen LogP contribution in [-0.2, 0) is 4.79 Å². The lowest BCUT2D eigenvalue weighted by molar-refractivity contribution is -0.125. The molecule has 1 aromatic carbocycles. The van der Waals surface area contributed by atoms with Gasteiger partial charge >= 0.3 is 0 Å². The van der Waals surface area contributed by atoms with Crippen LogP contribution in [0.1, 0.15) is 31.2 Å². The third-order valence-corrected chi connectivity index (χ3v) is 3.18. The highest BCUT2D eigenvalue weighted by molar-refractivity contribution is 5.91. The average Bonchev–Trinajstić information content (AvgIpc) is 2.65. The number of nitrogens with zero attached hydrogens (tertiary/aromatic N) is 1. The summed E-state index contributed by atoms with van der Waals surface area (Å²) in [7, 11) is 0. The van der Waals surface area contributed by atoms with Crippen LogP contribution in [0.2, 0.25) is 0 Å². The fraction of sp³-hybridized carbons (Fsp3) is 0.400. The second-order valence-electron chi connectivity index (χ2n) is 4.63. The van der Waals surface area contributed by atoms with E-state index in [4.69, 9.17) is 0 Å². The molecule has 1 aliphatic heterocycles. The van der Waals surface area contributed by atoms with Gasteiger partial charge in [0, 0.05) is 19.2 Å². The minimum atomic E-state index is -0.278. The van der Waals surface area contributed by atoms with Crippen molar-refractivity contribution in [2.45, 2.75) is 25.7 Å². The number of carbonyl (C=O) groups excluding carboxylic acids is 1. The summed E-state index contributed by atoms with van der Waals surface area (Å²) in [6, 6.07) is 6.25. The van der Waals surface area contributed by atoms with Gasteiger partial charge in [-0.05, 0) is 36.6 Å². The second-order valence-corrected chi connectivity index (χ2v) is 4.63. The predicted octanol–water partition coefficient (Wildman–Crippen LogP) is 3.24. The van der Waals surface area contributed by atoms with Crippen molar-refractivity contribution in [1.82, 2.24) is 4.90 Å². The molecule has 0 aliphatic carbocycles. The van der Waals surface area contributed by atoms with Gasteiger partial charge in [-0.15, -0.1) is 0 Å². The highest BCUT2D eigenvalue weighted by atomic mass is 19.1. The summed E-state index contributed by atoms with van der Waals surface area (Å²) >= 11 is 0. The molecule has 1 aromatic rings. The van der Waals surface area contributed by atoms with E-state index in [-0.39, 0.29) is 11.7 Å². The highest BCUT2D eigenvalue weighted by Crippen LogP contribution is 2.11. The zero-order chi connectivity index (χ0) is 12.8. The van der Waals surface area contributed by atoms with Gasteiger partial charge in [0.1, 0.15) is 5.82 Å². The van der Waals surface area contributed by atoms with Gasteiger partial charge in [0.15, 0.2) is 0 Å². The third kappa shape index (κ3) is 3.69. The summed E-state index contributed by atoms with van der Waals surface area (Å²) in [6.07, 6.45) is 7.80. The van der Waals surface area contributed by atoms with E-state index in [9.17, 15) is 9.18 Å². The van der Waals surface area contributed by atoms with Crippen molar-refractivity contribution in [3.8, 4) is 0 Å². The van der Waals surface area contributed by atoms with Crippen molar-refractivity contribution in [3.05, 3.63) is 41.7 Å². The second kappa shape index (κ2) is 6.34. The van der Waals surface area contributed by atoms with Gasteiger partial charge in [0.2, 0.25) is 5.91 Å². The van der Waals surface area contributed by atoms with Crippen molar-refractivity contribution in [2.75, 3.05) is 13.1 Å². The summed E-state index contributed by atoms with van der Waals surface area (Å²) in [6.45, 7) is 1.68. The van der Waals surface area contributed by atoms with E-state index in [1.54, 1.807) is 24.3 Å². The summed E-state index contributed by atoms with van der Waals surface area (Å²) in [5.41, 5.74) is 0.721. The first-order valence-electron chi connectivity index (χ1n) is 6.48. The number of hydrogen-bond acceptors (Lipinski definition) is 1. The Balaban J connectivity index is 1.97. The molecule has 1 amide bonds. The van der Waals surface area contributed by atoms with E-state index in [1.165, 1.54) is 25.0 Å². The molecule has 0 atom stereocenters. The number of benzene rings is 1. The Morgan fingerprint density at radius 3 is 2.56 bits per heavy atom.